The van der Waals surface area contributed by atoms with E-state index < -0.39 is 0 Å². The predicted octanol–water partition coefficient (Wildman–Crippen LogP) is 2.66. The molecule has 0 saturated heterocycles. The van der Waals surface area contributed by atoms with Crippen LogP contribution in [0.5, 0.6) is 11.5 Å². The molecular weight excluding hydrogens is 288 g/mol. The monoisotopic (exact) mass is 302 g/mol. The fourth-order valence-electron chi connectivity index (χ4n) is 1.41. The fourth-order valence-corrected chi connectivity index (χ4v) is 1.90. The molecule has 0 amide bonds. The second kappa shape index (κ2) is 6.49. The van der Waals surface area contributed by atoms with E-state index in [1.807, 2.05) is 0 Å². The quantitative estimate of drug-likeness (QED) is 0.850. The SMILES string of the molecule is CCOC(=O)CCc1cc(Br)c(O)c(OC)c1. The van der Waals surface area contributed by atoms with E-state index in [0.29, 0.717) is 29.7 Å². The van der Waals surface area contributed by atoms with Crippen LogP contribution >= 0.6 is 15.9 Å². The summed E-state index contributed by atoms with van der Waals surface area (Å²) in [5.74, 6) is 0.223. The number of aromatic hydroxyl groups is 1. The Bertz CT molecular complexity index is 404. The van der Waals surface area contributed by atoms with E-state index >= 15 is 0 Å². The second-order valence-electron chi connectivity index (χ2n) is 3.43. The number of phenolic OH excluding ortho intramolecular Hbond substituents is 1. The van der Waals surface area contributed by atoms with Crippen molar-refractivity contribution in [3.8, 4) is 11.5 Å². The highest BCUT2D eigenvalue weighted by atomic mass is 79.9. The molecule has 1 aromatic carbocycles. The van der Waals surface area contributed by atoms with Gasteiger partial charge in [0.15, 0.2) is 11.5 Å². The molecule has 0 fully saturated rings. The Labute approximate surface area is 109 Å². The Balaban J connectivity index is 2.72. The molecule has 4 nitrogen and oxygen atoms in total. The molecule has 0 aliphatic carbocycles. The number of halogens is 1. The molecular formula is C12H15BrO4. The number of carbonyl (C=O) groups is 1. The van der Waals surface area contributed by atoms with E-state index in [9.17, 15) is 9.90 Å². The first-order valence-corrected chi connectivity index (χ1v) is 6.08. The maximum atomic E-state index is 11.2. The normalized spacial score (nSPS) is 10.1. The highest BCUT2D eigenvalue weighted by molar-refractivity contribution is 9.10. The third-order valence-corrected chi connectivity index (χ3v) is 2.84. The van der Waals surface area contributed by atoms with Gasteiger partial charge in [-0.25, -0.2) is 0 Å². The molecule has 94 valence electrons. The molecule has 0 aliphatic rings. The third kappa shape index (κ3) is 3.93. The summed E-state index contributed by atoms with van der Waals surface area (Å²) in [4.78, 5) is 11.2. The van der Waals surface area contributed by atoms with E-state index in [4.69, 9.17) is 9.47 Å². The summed E-state index contributed by atoms with van der Waals surface area (Å²) in [6.45, 7) is 2.17. The van der Waals surface area contributed by atoms with Crippen molar-refractivity contribution in [1.29, 1.82) is 0 Å². The number of methoxy groups -OCH3 is 1. The van der Waals surface area contributed by atoms with Gasteiger partial charge >= 0.3 is 5.97 Å². The Morgan fingerprint density at radius 1 is 1.47 bits per heavy atom. The maximum Gasteiger partial charge on any atom is 0.306 e. The van der Waals surface area contributed by atoms with Gasteiger partial charge < -0.3 is 14.6 Å². The molecule has 17 heavy (non-hydrogen) atoms. The average molecular weight is 303 g/mol. The van der Waals surface area contributed by atoms with E-state index in [-0.39, 0.29) is 11.7 Å². The van der Waals surface area contributed by atoms with Crippen molar-refractivity contribution in [3.05, 3.63) is 22.2 Å². The van der Waals surface area contributed by atoms with Crippen LogP contribution in [0.15, 0.2) is 16.6 Å². The molecule has 0 bridgehead atoms. The van der Waals surface area contributed by atoms with E-state index in [1.165, 1.54) is 7.11 Å². The number of esters is 1. The van der Waals surface area contributed by atoms with Crippen molar-refractivity contribution in [1.82, 2.24) is 0 Å². The Morgan fingerprint density at radius 3 is 2.76 bits per heavy atom. The highest BCUT2D eigenvalue weighted by Gasteiger charge is 2.10. The number of hydrogen-bond donors (Lipinski definition) is 1. The molecule has 0 spiro atoms. The topological polar surface area (TPSA) is 55.8 Å². The molecule has 0 saturated carbocycles. The Kier molecular flexibility index (Phi) is 5.28. The molecule has 1 N–H and O–H groups in total. The lowest BCUT2D eigenvalue weighted by molar-refractivity contribution is -0.143. The van der Waals surface area contributed by atoms with Gasteiger partial charge in [-0.3, -0.25) is 4.79 Å². The minimum Gasteiger partial charge on any atom is -0.503 e. The van der Waals surface area contributed by atoms with Crippen LogP contribution < -0.4 is 4.74 Å². The van der Waals surface area contributed by atoms with Crippen LogP contribution in [-0.2, 0) is 16.0 Å². The molecule has 0 unspecified atom stereocenters. The molecule has 5 heteroatoms. The lowest BCUT2D eigenvalue weighted by Gasteiger charge is -2.08. The van der Waals surface area contributed by atoms with Crippen molar-refractivity contribution in [2.24, 2.45) is 0 Å². The summed E-state index contributed by atoms with van der Waals surface area (Å²) in [6, 6.07) is 3.47. The second-order valence-corrected chi connectivity index (χ2v) is 4.29. The highest BCUT2D eigenvalue weighted by Crippen LogP contribution is 2.35. The summed E-state index contributed by atoms with van der Waals surface area (Å²) in [5.41, 5.74) is 0.902. The zero-order chi connectivity index (χ0) is 12.8. The van der Waals surface area contributed by atoms with Gasteiger partial charge in [0.25, 0.3) is 0 Å². The summed E-state index contributed by atoms with van der Waals surface area (Å²) in [7, 11) is 1.48. The fraction of sp³-hybridized carbons (Fsp3) is 0.417. The zero-order valence-corrected chi connectivity index (χ0v) is 11.4. The smallest absolute Gasteiger partial charge is 0.306 e. The van der Waals surface area contributed by atoms with Crippen molar-refractivity contribution < 1.29 is 19.4 Å². The number of rotatable bonds is 5. The van der Waals surface area contributed by atoms with Crippen LogP contribution in [0.4, 0.5) is 0 Å². The number of carbonyl (C=O) groups excluding carboxylic acids is 1. The zero-order valence-electron chi connectivity index (χ0n) is 9.83. The molecule has 1 rings (SSSR count). The third-order valence-electron chi connectivity index (χ3n) is 2.23. The first-order chi connectivity index (χ1) is 8.08. The summed E-state index contributed by atoms with van der Waals surface area (Å²) in [5, 5.41) is 9.62. The van der Waals surface area contributed by atoms with Gasteiger partial charge in [0, 0.05) is 6.42 Å². The molecule has 0 atom stereocenters. The summed E-state index contributed by atoms with van der Waals surface area (Å²) in [6.07, 6.45) is 0.863. The number of phenols is 1. The summed E-state index contributed by atoms with van der Waals surface area (Å²) >= 11 is 3.23. The van der Waals surface area contributed by atoms with Gasteiger partial charge in [-0.15, -0.1) is 0 Å². The van der Waals surface area contributed by atoms with Crippen LogP contribution in [-0.4, -0.2) is 24.8 Å². The van der Waals surface area contributed by atoms with E-state index in [2.05, 4.69) is 15.9 Å². The minimum atomic E-state index is -0.226. The largest absolute Gasteiger partial charge is 0.503 e. The van der Waals surface area contributed by atoms with Crippen LogP contribution in [0.3, 0.4) is 0 Å². The minimum absolute atomic E-state index is 0.0624. The number of aryl methyl sites for hydroxylation is 1. The van der Waals surface area contributed by atoms with E-state index in [1.54, 1.807) is 19.1 Å². The van der Waals surface area contributed by atoms with Crippen LogP contribution in [0.25, 0.3) is 0 Å². The molecule has 1 aromatic rings. The maximum absolute atomic E-state index is 11.2. The van der Waals surface area contributed by atoms with Gasteiger partial charge in [-0.2, -0.15) is 0 Å². The predicted molar refractivity (Wildman–Crippen MR) is 67.3 cm³/mol. The van der Waals surface area contributed by atoms with Gasteiger partial charge in [-0.05, 0) is 47.0 Å². The first kappa shape index (κ1) is 13.8. The van der Waals surface area contributed by atoms with Gasteiger partial charge in [0.05, 0.1) is 18.2 Å². The van der Waals surface area contributed by atoms with Gasteiger partial charge in [0.2, 0.25) is 0 Å². The Hall–Kier alpha value is -1.23. The standard InChI is InChI=1S/C12H15BrO4/c1-3-17-11(14)5-4-8-6-9(13)12(15)10(7-8)16-2/h6-7,15H,3-5H2,1-2H3. The van der Waals surface area contributed by atoms with Crippen LogP contribution in [0.1, 0.15) is 18.9 Å². The van der Waals surface area contributed by atoms with Crippen LogP contribution in [0, 0.1) is 0 Å². The van der Waals surface area contributed by atoms with E-state index in [0.717, 1.165) is 5.56 Å². The van der Waals surface area contributed by atoms with Crippen molar-refractivity contribution >= 4 is 21.9 Å². The average Bonchev–Trinajstić information content (AvgIpc) is 2.31. The number of ether oxygens (including phenoxy) is 2. The van der Waals surface area contributed by atoms with Gasteiger partial charge in [-0.1, -0.05) is 0 Å². The number of hydrogen-bond acceptors (Lipinski definition) is 4. The first-order valence-electron chi connectivity index (χ1n) is 5.29. The van der Waals surface area contributed by atoms with Crippen molar-refractivity contribution in [2.75, 3.05) is 13.7 Å². The van der Waals surface area contributed by atoms with Crippen LogP contribution in [0.2, 0.25) is 0 Å². The van der Waals surface area contributed by atoms with Gasteiger partial charge in [0.1, 0.15) is 0 Å². The molecule has 0 heterocycles. The van der Waals surface area contributed by atoms with Crippen molar-refractivity contribution in [3.63, 3.8) is 0 Å². The lowest BCUT2D eigenvalue weighted by atomic mass is 10.1. The van der Waals surface area contributed by atoms with Crippen molar-refractivity contribution in [2.45, 2.75) is 19.8 Å². The lowest BCUT2D eigenvalue weighted by Crippen LogP contribution is -2.05. The number of benzene rings is 1. The molecule has 0 aromatic heterocycles. The Morgan fingerprint density at radius 2 is 2.18 bits per heavy atom. The molecule has 0 aliphatic heterocycles. The molecule has 0 radical (unpaired) electrons. The summed E-state index contributed by atoms with van der Waals surface area (Å²) < 4.78 is 10.4.